The van der Waals surface area contributed by atoms with Crippen molar-refractivity contribution in [3.05, 3.63) is 69.2 Å². The Morgan fingerprint density at radius 3 is 2.12 bits per heavy atom. The lowest BCUT2D eigenvalue weighted by Crippen LogP contribution is -2.46. The first-order valence-electron chi connectivity index (χ1n) is 13.7. The molecule has 4 rings (SSSR count). The third-order valence-corrected chi connectivity index (χ3v) is 8.31. The number of likely N-dealkylation sites (N-methyl/N-ethyl adjacent to an activating group) is 1. The standard InChI is InChI=1S/C30H34Cl2F3N3O4/c1-29(2,3)42-28(41)37-13-11-19(12-14-37)27(40)38-16-22(18-5-8-21(31)9-6-18)25(17-38)36(4)26(39)20-7-10-24(32)23(15-20)30(33,34)35/h5-10,15,19,22,25H,11-14,16-17H2,1-4H3. The molecule has 0 saturated carbocycles. The summed E-state index contributed by atoms with van der Waals surface area (Å²) in [6, 6.07) is 9.69. The van der Waals surface area contributed by atoms with Gasteiger partial charge in [0.15, 0.2) is 0 Å². The van der Waals surface area contributed by atoms with E-state index in [0.717, 1.165) is 17.7 Å². The molecule has 228 valence electrons. The van der Waals surface area contributed by atoms with Crippen molar-refractivity contribution in [1.29, 1.82) is 0 Å². The van der Waals surface area contributed by atoms with Gasteiger partial charge in [0, 0.05) is 55.6 Å². The summed E-state index contributed by atoms with van der Waals surface area (Å²) in [7, 11) is 1.53. The van der Waals surface area contributed by atoms with Gasteiger partial charge in [0.2, 0.25) is 5.91 Å². The average Bonchev–Trinajstić information content (AvgIpc) is 3.36. The lowest BCUT2D eigenvalue weighted by molar-refractivity contribution is -0.137. The SMILES string of the molecule is CN(C(=O)c1ccc(Cl)c(C(F)(F)F)c1)C1CN(C(=O)C2CCN(C(=O)OC(C)(C)C)CC2)CC1c1ccc(Cl)cc1. The zero-order valence-corrected chi connectivity index (χ0v) is 25.4. The summed E-state index contributed by atoms with van der Waals surface area (Å²) in [4.78, 5) is 44.3. The first-order valence-corrected chi connectivity index (χ1v) is 14.5. The molecule has 0 aliphatic carbocycles. The van der Waals surface area contributed by atoms with Crippen molar-refractivity contribution in [2.24, 2.45) is 5.92 Å². The van der Waals surface area contributed by atoms with Crippen LogP contribution in [0.15, 0.2) is 42.5 Å². The highest BCUT2D eigenvalue weighted by molar-refractivity contribution is 6.31. The van der Waals surface area contributed by atoms with Gasteiger partial charge >= 0.3 is 12.3 Å². The number of carbonyl (C=O) groups excluding carboxylic acids is 3. The van der Waals surface area contributed by atoms with E-state index in [1.165, 1.54) is 18.0 Å². The number of benzene rings is 2. The molecule has 3 amide bonds. The molecule has 2 heterocycles. The maximum Gasteiger partial charge on any atom is 0.417 e. The van der Waals surface area contributed by atoms with E-state index in [1.54, 1.807) is 42.7 Å². The molecule has 7 nitrogen and oxygen atoms in total. The Balaban J connectivity index is 1.52. The average molecular weight is 629 g/mol. The molecular formula is C30H34Cl2F3N3O4. The first-order chi connectivity index (χ1) is 19.5. The molecule has 12 heteroatoms. The van der Waals surface area contributed by atoms with Crippen molar-refractivity contribution in [2.75, 3.05) is 33.2 Å². The van der Waals surface area contributed by atoms with Crippen LogP contribution in [0.4, 0.5) is 18.0 Å². The van der Waals surface area contributed by atoms with Crippen LogP contribution in [0.2, 0.25) is 10.0 Å². The summed E-state index contributed by atoms with van der Waals surface area (Å²) >= 11 is 11.9. The van der Waals surface area contributed by atoms with Gasteiger partial charge in [-0.3, -0.25) is 9.59 Å². The fourth-order valence-electron chi connectivity index (χ4n) is 5.52. The van der Waals surface area contributed by atoms with Gasteiger partial charge in [-0.25, -0.2) is 4.79 Å². The van der Waals surface area contributed by atoms with Crippen LogP contribution < -0.4 is 0 Å². The maximum atomic E-state index is 13.7. The van der Waals surface area contributed by atoms with E-state index in [9.17, 15) is 27.6 Å². The molecule has 2 aliphatic rings. The Kier molecular flexibility index (Phi) is 9.37. The van der Waals surface area contributed by atoms with Crippen molar-refractivity contribution in [1.82, 2.24) is 14.7 Å². The quantitative estimate of drug-likeness (QED) is 0.377. The molecule has 2 saturated heterocycles. The van der Waals surface area contributed by atoms with Gasteiger partial charge in [0.05, 0.1) is 16.6 Å². The predicted octanol–water partition coefficient (Wildman–Crippen LogP) is 6.73. The van der Waals surface area contributed by atoms with Crippen LogP contribution in [0.3, 0.4) is 0 Å². The molecule has 2 atom stereocenters. The van der Waals surface area contributed by atoms with Crippen molar-refractivity contribution in [2.45, 2.75) is 57.3 Å². The topological polar surface area (TPSA) is 70.2 Å². The summed E-state index contributed by atoms with van der Waals surface area (Å²) in [6.45, 7) is 6.70. The fraction of sp³-hybridized carbons (Fsp3) is 0.500. The predicted molar refractivity (Wildman–Crippen MR) is 154 cm³/mol. The molecule has 2 unspecified atom stereocenters. The number of halogens is 5. The zero-order chi connectivity index (χ0) is 31.0. The normalized spacial score (nSPS) is 20.0. The van der Waals surface area contributed by atoms with Crippen molar-refractivity contribution in [3.8, 4) is 0 Å². The molecule has 0 bridgehead atoms. The molecular weight excluding hydrogens is 594 g/mol. The van der Waals surface area contributed by atoms with Crippen LogP contribution >= 0.6 is 23.2 Å². The van der Waals surface area contributed by atoms with Crippen LogP contribution in [0.5, 0.6) is 0 Å². The van der Waals surface area contributed by atoms with Crippen LogP contribution in [-0.4, -0.2) is 77.5 Å². The van der Waals surface area contributed by atoms with Crippen molar-refractivity contribution < 1.29 is 32.3 Å². The number of ether oxygens (including phenoxy) is 1. The second-order valence-corrected chi connectivity index (χ2v) is 12.7. The summed E-state index contributed by atoms with van der Waals surface area (Å²) < 4.78 is 45.9. The van der Waals surface area contributed by atoms with Gasteiger partial charge in [-0.1, -0.05) is 35.3 Å². The highest BCUT2D eigenvalue weighted by Crippen LogP contribution is 2.37. The Labute approximate surface area is 253 Å². The number of piperidine rings is 1. The Bertz CT molecular complexity index is 1320. The lowest BCUT2D eigenvalue weighted by atomic mass is 9.93. The highest BCUT2D eigenvalue weighted by Gasteiger charge is 2.43. The second kappa shape index (κ2) is 12.3. The summed E-state index contributed by atoms with van der Waals surface area (Å²) in [5.74, 6) is -1.29. The zero-order valence-electron chi connectivity index (χ0n) is 23.9. The molecule has 0 N–H and O–H groups in total. The first kappa shape index (κ1) is 31.9. The molecule has 2 aromatic carbocycles. The smallest absolute Gasteiger partial charge is 0.417 e. The van der Waals surface area contributed by atoms with Crippen LogP contribution in [0.25, 0.3) is 0 Å². The van der Waals surface area contributed by atoms with Gasteiger partial charge in [-0.05, 0) is 69.5 Å². The van der Waals surface area contributed by atoms with Crippen LogP contribution in [0.1, 0.15) is 61.0 Å². The fourth-order valence-corrected chi connectivity index (χ4v) is 5.87. The minimum Gasteiger partial charge on any atom is -0.444 e. The van der Waals surface area contributed by atoms with E-state index in [-0.39, 0.29) is 29.9 Å². The van der Waals surface area contributed by atoms with E-state index in [1.807, 2.05) is 12.1 Å². The Morgan fingerprint density at radius 2 is 1.55 bits per heavy atom. The minimum atomic E-state index is -4.71. The second-order valence-electron chi connectivity index (χ2n) is 11.8. The molecule has 2 aliphatic heterocycles. The lowest BCUT2D eigenvalue weighted by Gasteiger charge is -2.34. The molecule has 0 aromatic heterocycles. The van der Waals surface area contributed by atoms with Crippen molar-refractivity contribution in [3.63, 3.8) is 0 Å². The Hall–Kier alpha value is -2.98. The molecule has 0 spiro atoms. The van der Waals surface area contributed by atoms with Gasteiger partial charge in [0.1, 0.15) is 5.60 Å². The maximum absolute atomic E-state index is 13.7. The number of amides is 3. The number of rotatable bonds is 4. The van der Waals surface area contributed by atoms with Gasteiger partial charge < -0.3 is 19.4 Å². The third-order valence-electron chi connectivity index (χ3n) is 7.73. The molecule has 2 aromatic rings. The van der Waals surface area contributed by atoms with Crippen LogP contribution in [-0.2, 0) is 15.7 Å². The van der Waals surface area contributed by atoms with Gasteiger partial charge in [0.25, 0.3) is 5.91 Å². The minimum absolute atomic E-state index is 0.0769. The number of nitrogens with zero attached hydrogens (tertiary/aromatic N) is 3. The van der Waals surface area contributed by atoms with Crippen LogP contribution in [0, 0.1) is 5.92 Å². The third kappa shape index (κ3) is 7.32. The van der Waals surface area contributed by atoms with Crippen molar-refractivity contribution >= 4 is 41.1 Å². The molecule has 0 radical (unpaired) electrons. The number of likely N-dealkylation sites (tertiary alicyclic amines) is 2. The molecule has 2 fully saturated rings. The van der Waals surface area contributed by atoms with E-state index in [0.29, 0.717) is 37.5 Å². The Morgan fingerprint density at radius 1 is 0.929 bits per heavy atom. The largest absolute Gasteiger partial charge is 0.444 e. The number of alkyl halides is 3. The number of carbonyl (C=O) groups is 3. The summed E-state index contributed by atoms with van der Waals surface area (Å²) in [6.07, 6.45) is -4.17. The van der Waals surface area contributed by atoms with E-state index >= 15 is 0 Å². The number of hydrogen-bond donors (Lipinski definition) is 0. The van der Waals surface area contributed by atoms with E-state index in [2.05, 4.69) is 0 Å². The summed E-state index contributed by atoms with van der Waals surface area (Å²) in [5, 5.41) is 0.0411. The van der Waals surface area contributed by atoms with E-state index in [4.69, 9.17) is 27.9 Å². The monoisotopic (exact) mass is 627 g/mol. The van der Waals surface area contributed by atoms with Gasteiger partial charge in [-0.15, -0.1) is 0 Å². The summed E-state index contributed by atoms with van der Waals surface area (Å²) in [5.41, 5.74) is -0.998. The number of hydrogen-bond acceptors (Lipinski definition) is 4. The molecule has 42 heavy (non-hydrogen) atoms. The van der Waals surface area contributed by atoms with Gasteiger partial charge in [-0.2, -0.15) is 13.2 Å². The van der Waals surface area contributed by atoms with E-state index < -0.39 is 40.4 Å². The highest BCUT2D eigenvalue weighted by atomic mass is 35.5.